The minimum atomic E-state index is -4.16. The fourth-order valence-electron chi connectivity index (χ4n) is 0.237. The van der Waals surface area contributed by atoms with E-state index in [9.17, 15) is 9.36 Å². The Bertz CT molecular complexity index is 158. The number of ketones is 1. The smallest absolute Gasteiger partial charge is 0.324 e. The van der Waals surface area contributed by atoms with Gasteiger partial charge in [-0.2, -0.15) is 0 Å². The second kappa shape index (κ2) is 2.60. The number of carbonyl (C=O) groups is 1. The molecule has 1 atom stereocenters. The van der Waals surface area contributed by atoms with Crippen molar-refractivity contribution in [1.82, 2.24) is 0 Å². The topological polar surface area (TPSA) is 74.6 Å². The highest BCUT2D eigenvalue weighted by Gasteiger charge is 2.27. The lowest BCUT2D eigenvalue weighted by Crippen LogP contribution is -2.12. The Labute approximate surface area is 53.0 Å². The SMILES string of the molecule is CC(=O)[C@@H](C)P(=O)(O)O. The van der Waals surface area contributed by atoms with Gasteiger partial charge in [-0.05, 0) is 13.8 Å². The van der Waals surface area contributed by atoms with E-state index >= 15 is 0 Å². The van der Waals surface area contributed by atoms with Crippen LogP contribution in [0.4, 0.5) is 0 Å². The third-order valence-electron chi connectivity index (χ3n) is 1.09. The molecule has 0 radical (unpaired) electrons. The van der Waals surface area contributed by atoms with Crippen molar-refractivity contribution in [3.8, 4) is 0 Å². The van der Waals surface area contributed by atoms with Gasteiger partial charge in [0.05, 0.1) is 0 Å². The Hall–Kier alpha value is -0.180. The molecule has 0 aliphatic heterocycles. The van der Waals surface area contributed by atoms with Crippen molar-refractivity contribution in [2.45, 2.75) is 19.5 Å². The number of carbonyl (C=O) groups excluding carboxylic acids is 1. The molecule has 0 amide bonds. The largest absolute Gasteiger partial charge is 0.335 e. The van der Waals surface area contributed by atoms with Crippen molar-refractivity contribution in [3.63, 3.8) is 0 Å². The van der Waals surface area contributed by atoms with Crippen molar-refractivity contribution in [2.24, 2.45) is 0 Å². The monoisotopic (exact) mass is 152 g/mol. The zero-order chi connectivity index (χ0) is 7.65. The predicted molar refractivity (Wildman–Crippen MR) is 32.2 cm³/mol. The maximum absolute atomic E-state index is 10.3. The minimum Gasteiger partial charge on any atom is -0.324 e. The van der Waals surface area contributed by atoms with Crippen LogP contribution in [0.15, 0.2) is 0 Å². The van der Waals surface area contributed by atoms with E-state index in [1.54, 1.807) is 0 Å². The van der Waals surface area contributed by atoms with E-state index < -0.39 is 19.0 Å². The summed E-state index contributed by atoms with van der Waals surface area (Å²) in [6, 6.07) is 0. The predicted octanol–water partition coefficient (Wildman–Crippen LogP) is 0.142. The van der Waals surface area contributed by atoms with Crippen molar-refractivity contribution in [3.05, 3.63) is 0 Å². The zero-order valence-electron chi connectivity index (χ0n) is 5.24. The summed E-state index contributed by atoms with van der Waals surface area (Å²) in [6.45, 7) is 2.37. The fourth-order valence-corrected chi connectivity index (χ4v) is 0.710. The summed E-state index contributed by atoms with van der Waals surface area (Å²) in [4.78, 5) is 27.0. The molecule has 5 heteroatoms. The summed E-state index contributed by atoms with van der Waals surface area (Å²) >= 11 is 0. The van der Waals surface area contributed by atoms with Gasteiger partial charge in [0.2, 0.25) is 0 Å². The second-order valence-electron chi connectivity index (χ2n) is 1.88. The van der Waals surface area contributed by atoms with Crippen molar-refractivity contribution in [1.29, 1.82) is 0 Å². The summed E-state index contributed by atoms with van der Waals surface area (Å²) in [6.07, 6.45) is 0. The molecule has 2 N–H and O–H groups in total. The van der Waals surface area contributed by atoms with E-state index in [1.165, 1.54) is 6.92 Å². The Morgan fingerprint density at radius 2 is 1.89 bits per heavy atom. The fraction of sp³-hybridized carbons (Fsp3) is 0.750. The van der Waals surface area contributed by atoms with Crippen LogP contribution >= 0.6 is 7.60 Å². The second-order valence-corrected chi connectivity index (χ2v) is 3.83. The van der Waals surface area contributed by atoms with E-state index in [1.807, 2.05) is 0 Å². The van der Waals surface area contributed by atoms with Gasteiger partial charge in [0.15, 0.2) is 0 Å². The summed E-state index contributed by atoms with van der Waals surface area (Å²) in [5, 5.41) is 0. The van der Waals surface area contributed by atoms with Crippen LogP contribution in [0.2, 0.25) is 0 Å². The van der Waals surface area contributed by atoms with Crippen LogP contribution in [-0.2, 0) is 9.36 Å². The number of rotatable bonds is 2. The molecule has 0 aromatic heterocycles. The molecule has 0 aromatic carbocycles. The quantitative estimate of drug-likeness (QED) is 0.552. The summed E-state index contributed by atoms with van der Waals surface area (Å²) < 4.78 is 10.2. The molecule has 4 nitrogen and oxygen atoms in total. The van der Waals surface area contributed by atoms with Gasteiger partial charge in [-0.3, -0.25) is 9.36 Å². The lowest BCUT2D eigenvalue weighted by atomic mass is 10.3. The van der Waals surface area contributed by atoms with E-state index in [2.05, 4.69) is 0 Å². The third-order valence-corrected chi connectivity index (χ3v) is 2.47. The first-order chi connectivity index (χ1) is 3.85. The average Bonchev–Trinajstić information content (AvgIpc) is 1.62. The van der Waals surface area contributed by atoms with Gasteiger partial charge in [0.25, 0.3) is 0 Å². The maximum atomic E-state index is 10.3. The van der Waals surface area contributed by atoms with Crippen LogP contribution in [0.5, 0.6) is 0 Å². The number of hydrogen-bond acceptors (Lipinski definition) is 2. The standard InChI is InChI=1S/C4H9O4P/c1-3(5)4(2)9(6,7)8/h4H,1-2H3,(H2,6,7,8)/t4-/m1/s1. The lowest BCUT2D eigenvalue weighted by Gasteiger charge is -2.07. The molecule has 0 saturated heterocycles. The molecule has 54 valence electrons. The molecule has 0 aromatic rings. The summed E-state index contributed by atoms with van der Waals surface area (Å²) in [7, 11) is -4.16. The number of hydrogen-bond donors (Lipinski definition) is 2. The first-order valence-corrected chi connectivity index (χ1v) is 4.09. The average molecular weight is 152 g/mol. The Kier molecular flexibility index (Phi) is 2.55. The maximum Gasteiger partial charge on any atom is 0.335 e. The van der Waals surface area contributed by atoms with Gasteiger partial charge in [-0.25, -0.2) is 0 Å². The number of Topliss-reactive ketones (excluding diaryl/α,β-unsaturated/α-hetero) is 1. The van der Waals surface area contributed by atoms with Crippen LogP contribution < -0.4 is 0 Å². The van der Waals surface area contributed by atoms with Crippen LogP contribution in [0.25, 0.3) is 0 Å². The Balaban J connectivity index is 4.23. The summed E-state index contributed by atoms with van der Waals surface area (Å²) in [5.41, 5.74) is -1.16. The Morgan fingerprint density at radius 1 is 1.56 bits per heavy atom. The highest BCUT2D eigenvalue weighted by molar-refractivity contribution is 7.53. The van der Waals surface area contributed by atoms with Gasteiger partial charge in [0, 0.05) is 0 Å². The van der Waals surface area contributed by atoms with Crippen molar-refractivity contribution in [2.75, 3.05) is 0 Å². The van der Waals surface area contributed by atoms with Gasteiger partial charge in [-0.15, -0.1) is 0 Å². The van der Waals surface area contributed by atoms with E-state index in [0.29, 0.717) is 0 Å². The van der Waals surface area contributed by atoms with E-state index in [0.717, 1.165) is 6.92 Å². The lowest BCUT2D eigenvalue weighted by molar-refractivity contribution is -0.116. The summed E-state index contributed by atoms with van der Waals surface area (Å²) in [5.74, 6) is -0.483. The van der Waals surface area contributed by atoms with Gasteiger partial charge in [0.1, 0.15) is 11.4 Å². The molecule has 0 aliphatic carbocycles. The third kappa shape index (κ3) is 2.75. The van der Waals surface area contributed by atoms with E-state index in [4.69, 9.17) is 9.79 Å². The molecular weight excluding hydrogens is 143 g/mol. The zero-order valence-corrected chi connectivity index (χ0v) is 6.13. The van der Waals surface area contributed by atoms with E-state index in [-0.39, 0.29) is 0 Å². The first kappa shape index (κ1) is 8.82. The highest BCUT2D eigenvalue weighted by atomic mass is 31.2. The highest BCUT2D eigenvalue weighted by Crippen LogP contribution is 2.40. The van der Waals surface area contributed by atoms with Crippen LogP contribution in [-0.4, -0.2) is 21.2 Å². The van der Waals surface area contributed by atoms with Crippen LogP contribution in [0.3, 0.4) is 0 Å². The molecular formula is C4H9O4P. The van der Waals surface area contributed by atoms with Gasteiger partial charge in [-0.1, -0.05) is 0 Å². The minimum absolute atomic E-state index is 0.483. The van der Waals surface area contributed by atoms with Crippen LogP contribution in [0, 0.1) is 0 Å². The molecule has 0 bridgehead atoms. The molecule has 0 unspecified atom stereocenters. The van der Waals surface area contributed by atoms with Gasteiger partial charge < -0.3 is 9.79 Å². The van der Waals surface area contributed by atoms with Crippen LogP contribution in [0.1, 0.15) is 13.8 Å². The first-order valence-electron chi connectivity index (χ1n) is 2.41. The molecule has 0 saturated carbocycles. The molecule has 9 heavy (non-hydrogen) atoms. The molecule has 0 spiro atoms. The Morgan fingerprint density at radius 3 is 1.89 bits per heavy atom. The normalized spacial score (nSPS) is 15.1. The molecule has 0 heterocycles. The van der Waals surface area contributed by atoms with Crippen molar-refractivity contribution < 1.29 is 19.1 Å². The van der Waals surface area contributed by atoms with Gasteiger partial charge >= 0.3 is 7.60 Å². The van der Waals surface area contributed by atoms with Crippen molar-refractivity contribution >= 4 is 13.4 Å². The molecule has 0 aliphatic rings. The molecule has 0 rings (SSSR count). The molecule has 0 fully saturated rings.